The van der Waals surface area contributed by atoms with Crippen molar-refractivity contribution in [3.05, 3.63) is 0 Å². The average molecular weight is 203 g/mol. The Kier molecular flexibility index (Phi) is 7.37. The highest BCUT2D eigenvalue weighted by molar-refractivity contribution is 5.78. The maximum Gasteiger partial charge on any atom is 0.234 e. The van der Waals surface area contributed by atoms with Crippen LogP contribution in [0.2, 0.25) is 0 Å². The number of hydrogen-bond donors (Lipinski definition) is 3. The molecule has 5 heteroatoms. The Morgan fingerprint density at radius 2 is 2.21 bits per heavy atom. The van der Waals surface area contributed by atoms with Gasteiger partial charge in [0.1, 0.15) is 0 Å². The fourth-order valence-corrected chi connectivity index (χ4v) is 1.10. The number of hydrogen-bond acceptors (Lipinski definition) is 4. The van der Waals surface area contributed by atoms with Crippen LogP contribution in [-0.4, -0.2) is 54.7 Å². The maximum absolute atomic E-state index is 11.3. The molecule has 0 aliphatic carbocycles. The Morgan fingerprint density at radius 1 is 1.57 bits per heavy atom. The average Bonchev–Trinajstić information content (AvgIpc) is 2.14. The molecule has 0 heterocycles. The third kappa shape index (κ3) is 5.90. The van der Waals surface area contributed by atoms with Crippen molar-refractivity contribution in [1.29, 1.82) is 0 Å². The van der Waals surface area contributed by atoms with Gasteiger partial charge in [0.15, 0.2) is 0 Å². The summed E-state index contributed by atoms with van der Waals surface area (Å²) in [6.45, 7) is 5.85. The SMILES string of the molecule is CC(C)N(CCO)CC(=O)NCCN. The second-order valence-electron chi connectivity index (χ2n) is 3.43. The molecule has 0 aromatic carbocycles. The number of nitrogens with zero attached hydrogens (tertiary/aromatic N) is 1. The lowest BCUT2D eigenvalue weighted by Gasteiger charge is -2.24. The van der Waals surface area contributed by atoms with Crippen molar-refractivity contribution >= 4 is 5.91 Å². The summed E-state index contributed by atoms with van der Waals surface area (Å²) in [6, 6.07) is 0.255. The summed E-state index contributed by atoms with van der Waals surface area (Å²) >= 11 is 0. The summed E-state index contributed by atoms with van der Waals surface area (Å²) in [4.78, 5) is 13.2. The van der Waals surface area contributed by atoms with Crippen molar-refractivity contribution in [2.24, 2.45) is 5.73 Å². The number of carbonyl (C=O) groups excluding carboxylic acids is 1. The van der Waals surface area contributed by atoms with Gasteiger partial charge in [-0.15, -0.1) is 0 Å². The summed E-state index contributed by atoms with van der Waals surface area (Å²) in [6.07, 6.45) is 0. The molecule has 0 bridgehead atoms. The van der Waals surface area contributed by atoms with Crippen molar-refractivity contribution in [2.45, 2.75) is 19.9 Å². The van der Waals surface area contributed by atoms with Gasteiger partial charge in [-0.3, -0.25) is 9.69 Å². The van der Waals surface area contributed by atoms with Gasteiger partial charge in [-0.1, -0.05) is 0 Å². The van der Waals surface area contributed by atoms with Gasteiger partial charge >= 0.3 is 0 Å². The Hall–Kier alpha value is -0.650. The number of nitrogens with two attached hydrogens (primary N) is 1. The molecule has 5 nitrogen and oxygen atoms in total. The van der Waals surface area contributed by atoms with E-state index in [2.05, 4.69) is 5.32 Å². The fraction of sp³-hybridized carbons (Fsp3) is 0.889. The first-order valence-corrected chi connectivity index (χ1v) is 4.93. The van der Waals surface area contributed by atoms with E-state index in [-0.39, 0.29) is 18.6 Å². The van der Waals surface area contributed by atoms with Gasteiger partial charge in [-0.05, 0) is 13.8 Å². The van der Waals surface area contributed by atoms with E-state index in [0.717, 1.165) is 0 Å². The van der Waals surface area contributed by atoms with E-state index in [0.29, 0.717) is 26.2 Å². The van der Waals surface area contributed by atoms with E-state index in [1.165, 1.54) is 0 Å². The fourth-order valence-electron chi connectivity index (χ4n) is 1.10. The molecule has 0 saturated heterocycles. The van der Waals surface area contributed by atoms with E-state index in [1.807, 2.05) is 18.7 Å². The molecule has 0 aliphatic heterocycles. The Labute approximate surface area is 85.3 Å². The van der Waals surface area contributed by atoms with Gasteiger partial charge in [0, 0.05) is 25.7 Å². The summed E-state index contributed by atoms with van der Waals surface area (Å²) in [5, 5.41) is 11.5. The summed E-state index contributed by atoms with van der Waals surface area (Å²) in [7, 11) is 0. The van der Waals surface area contributed by atoms with Crippen molar-refractivity contribution in [3.8, 4) is 0 Å². The van der Waals surface area contributed by atoms with Crippen molar-refractivity contribution in [3.63, 3.8) is 0 Å². The first-order valence-electron chi connectivity index (χ1n) is 4.93. The largest absolute Gasteiger partial charge is 0.395 e. The van der Waals surface area contributed by atoms with Crippen LogP contribution in [0.5, 0.6) is 0 Å². The Morgan fingerprint density at radius 3 is 2.64 bits per heavy atom. The number of aliphatic hydroxyl groups is 1. The van der Waals surface area contributed by atoms with Crippen LogP contribution in [0.25, 0.3) is 0 Å². The summed E-state index contributed by atoms with van der Waals surface area (Å²) in [5.74, 6) is -0.0439. The van der Waals surface area contributed by atoms with Crippen LogP contribution in [0.4, 0.5) is 0 Å². The second-order valence-corrected chi connectivity index (χ2v) is 3.43. The molecule has 0 fully saturated rings. The third-order valence-corrected chi connectivity index (χ3v) is 1.93. The van der Waals surface area contributed by atoms with Crippen LogP contribution in [0.15, 0.2) is 0 Å². The molecule has 0 spiro atoms. The van der Waals surface area contributed by atoms with Crippen LogP contribution >= 0.6 is 0 Å². The minimum Gasteiger partial charge on any atom is -0.395 e. The zero-order valence-electron chi connectivity index (χ0n) is 8.99. The number of amides is 1. The van der Waals surface area contributed by atoms with Crippen LogP contribution in [0.3, 0.4) is 0 Å². The number of nitrogens with one attached hydrogen (secondary N) is 1. The molecule has 14 heavy (non-hydrogen) atoms. The van der Waals surface area contributed by atoms with Crippen molar-refractivity contribution < 1.29 is 9.90 Å². The van der Waals surface area contributed by atoms with Crippen molar-refractivity contribution in [2.75, 3.05) is 32.8 Å². The van der Waals surface area contributed by atoms with E-state index in [1.54, 1.807) is 0 Å². The van der Waals surface area contributed by atoms with E-state index in [9.17, 15) is 4.79 Å². The zero-order chi connectivity index (χ0) is 11.0. The van der Waals surface area contributed by atoms with Gasteiger partial charge in [-0.25, -0.2) is 0 Å². The normalized spacial score (nSPS) is 11.0. The molecule has 0 aliphatic rings. The summed E-state index contributed by atoms with van der Waals surface area (Å²) < 4.78 is 0. The van der Waals surface area contributed by atoms with Gasteiger partial charge < -0.3 is 16.2 Å². The monoisotopic (exact) mass is 203 g/mol. The molecule has 4 N–H and O–H groups in total. The number of aliphatic hydroxyl groups excluding tert-OH is 1. The van der Waals surface area contributed by atoms with Crippen molar-refractivity contribution in [1.82, 2.24) is 10.2 Å². The molecule has 0 radical (unpaired) electrons. The van der Waals surface area contributed by atoms with Crippen LogP contribution in [0, 0.1) is 0 Å². The highest BCUT2D eigenvalue weighted by atomic mass is 16.3. The van der Waals surface area contributed by atoms with Crippen LogP contribution in [0.1, 0.15) is 13.8 Å². The van der Waals surface area contributed by atoms with Gasteiger partial charge in [0.05, 0.1) is 13.2 Å². The van der Waals surface area contributed by atoms with E-state index < -0.39 is 0 Å². The smallest absolute Gasteiger partial charge is 0.234 e. The number of carbonyl (C=O) groups is 1. The highest BCUT2D eigenvalue weighted by Crippen LogP contribution is 1.96. The molecular weight excluding hydrogens is 182 g/mol. The summed E-state index contributed by atoms with van der Waals surface area (Å²) in [5.41, 5.74) is 5.26. The molecule has 84 valence electrons. The lowest BCUT2D eigenvalue weighted by Crippen LogP contribution is -2.43. The quantitative estimate of drug-likeness (QED) is 0.484. The van der Waals surface area contributed by atoms with Gasteiger partial charge in [-0.2, -0.15) is 0 Å². The van der Waals surface area contributed by atoms with Gasteiger partial charge in [0.25, 0.3) is 0 Å². The second kappa shape index (κ2) is 7.73. The predicted molar refractivity (Wildman–Crippen MR) is 55.9 cm³/mol. The molecule has 0 saturated carbocycles. The molecule has 0 aromatic rings. The molecule has 0 rings (SSSR count). The van der Waals surface area contributed by atoms with Crippen LogP contribution < -0.4 is 11.1 Å². The first kappa shape index (κ1) is 13.4. The van der Waals surface area contributed by atoms with E-state index >= 15 is 0 Å². The molecule has 0 aromatic heterocycles. The minimum atomic E-state index is -0.0439. The first-order chi connectivity index (χ1) is 6.61. The van der Waals surface area contributed by atoms with Crippen LogP contribution in [-0.2, 0) is 4.79 Å². The number of rotatable bonds is 7. The molecular formula is C9H21N3O2. The molecule has 0 atom stereocenters. The highest BCUT2D eigenvalue weighted by Gasteiger charge is 2.12. The lowest BCUT2D eigenvalue weighted by atomic mass is 10.3. The Balaban J connectivity index is 3.83. The predicted octanol–water partition coefficient (Wildman–Crippen LogP) is -1.24. The lowest BCUT2D eigenvalue weighted by molar-refractivity contribution is -0.122. The standard InChI is InChI=1S/C9H21N3O2/c1-8(2)12(5-6-13)7-9(14)11-4-3-10/h8,13H,3-7,10H2,1-2H3,(H,11,14). The van der Waals surface area contributed by atoms with Gasteiger partial charge in [0.2, 0.25) is 5.91 Å². The zero-order valence-corrected chi connectivity index (χ0v) is 8.99. The third-order valence-electron chi connectivity index (χ3n) is 1.93. The minimum absolute atomic E-state index is 0.0439. The molecule has 0 unspecified atom stereocenters. The maximum atomic E-state index is 11.3. The topological polar surface area (TPSA) is 78.6 Å². The Bertz CT molecular complexity index is 162. The molecule has 1 amide bonds. The van der Waals surface area contributed by atoms with E-state index in [4.69, 9.17) is 10.8 Å².